The van der Waals surface area contributed by atoms with Crippen LogP contribution in [0.3, 0.4) is 0 Å². The molecule has 0 fully saturated rings. The minimum absolute atomic E-state index is 0.0703. The van der Waals surface area contributed by atoms with E-state index in [0.717, 1.165) is 11.1 Å². The van der Waals surface area contributed by atoms with E-state index in [9.17, 15) is 9.59 Å². The van der Waals surface area contributed by atoms with Gasteiger partial charge in [0.1, 0.15) is 0 Å². The number of nitrogens with one attached hydrogen (secondary N) is 1. The summed E-state index contributed by atoms with van der Waals surface area (Å²) >= 11 is 5.50. The minimum atomic E-state index is -0.222. The van der Waals surface area contributed by atoms with Crippen molar-refractivity contribution in [2.45, 2.75) is 26.9 Å². The van der Waals surface area contributed by atoms with E-state index in [0.29, 0.717) is 52.5 Å². The van der Waals surface area contributed by atoms with Crippen LogP contribution in [-0.4, -0.2) is 40.6 Å². The molecule has 0 spiro atoms. The quantitative estimate of drug-likeness (QED) is 0.319. The first-order valence-electron chi connectivity index (χ1n) is 11.9. The van der Waals surface area contributed by atoms with E-state index in [1.165, 1.54) is 4.57 Å². The molecular weight excluding hydrogens is 474 g/mol. The highest BCUT2D eigenvalue weighted by atomic mass is 32.1. The summed E-state index contributed by atoms with van der Waals surface area (Å²) in [6, 6.07) is 20.5. The van der Waals surface area contributed by atoms with Crippen LogP contribution in [0.25, 0.3) is 10.9 Å². The van der Waals surface area contributed by atoms with Crippen LogP contribution >= 0.6 is 12.2 Å². The maximum Gasteiger partial charge on any atom is 0.262 e. The fourth-order valence-corrected chi connectivity index (χ4v) is 4.28. The first kappa shape index (κ1) is 25.2. The molecule has 0 unspecified atom stereocenters. The van der Waals surface area contributed by atoms with Crippen LogP contribution in [0, 0.1) is 4.77 Å². The van der Waals surface area contributed by atoms with Crippen molar-refractivity contribution in [3.63, 3.8) is 0 Å². The molecule has 0 bridgehead atoms. The van der Waals surface area contributed by atoms with Crippen LogP contribution < -0.4 is 15.0 Å². The summed E-state index contributed by atoms with van der Waals surface area (Å²) in [6.45, 7) is 5.50. The third-order valence-electron chi connectivity index (χ3n) is 5.80. The average molecular weight is 504 g/mol. The molecule has 0 aliphatic carbocycles. The highest BCUT2D eigenvalue weighted by Gasteiger charge is 2.14. The predicted octanol–water partition coefficient (Wildman–Crippen LogP) is 5.18. The second-order valence-corrected chi connectivity index (χ2v) is 8.76. The largest absolute Gasteiger partial charge is 0.490 e. The normalized spacial score (nSPS) is 10.9. The molecule has 36 heavy (non-hydrogen) atoms. The van der Waals surface area contributed by atoms with E-state index >= 15 is 0 Å². The average Bonchev–Trinajstić information content (AvgIpc) is 2.88. The SMILES string of the molecule is CCOc1cc2[nH]c(=S)n(Cc3ccc(C(=O)N(C)Cc4ccccc4)cc3)c(=O)c2cc1OCC. The van der Waals surface area contributed by atoms with Crippen LogP contribution in [-0.2, 0) is 13.1 Å². The van der Waals surface area contributed by atoms with Gasteiger partial charge in [0.15, 0.2) is 16.3 Å². The Hall–Kier alpha value is -3.91. The number of rotatable bonds is 9. The van der Waals surface area contributed by atoms with Gasteiger partial charge in [-0.15, -0.1) is 0 Å². The van der Waals surface area contributed by atoms with Gasteiger partial charge in [0.05, 0.1) is 30.7 Å². The molecular formula is C28H29N3O4S. The molecule has 186 valence electrons. The Morgan fingerprint density at radius 2 is 1.58 bits per heavy atom. The number of hydrogen-bond donors (Lipinski definition) is 1. The zero-order chi connectivity index (χ0) is 25.7. The van der Waals surface area contributed by atoms with Crippen LogP contribution in [0.4, 0.5) is 0 Å². The van der Waals surface area contributed by atoms with E-state index in [2.05, 4.69) is 4.98 Å². The lowest BCUT2D eigenvalue weighted by atomic mass is 10.1. The smallest absolute Gasteiger partial charge is 0.262 e. The van der Waals surface area contributed by atoms with E-state index in [-0.39, 0.29) is 18.0 Å². The van der Waals surface area contributed by atoms with Crippen molar-refractivity contribution < 1.29 is 14.3 Å². The summed E-state index contributed by atoms with van der Waals surface area (Å²) < 4.78 is 13.2. The number of benzene rings is 3. The number of ether oxygens (including phenoxy) is 2. The second-order valence-electron chi connectivity index (χ2n) is 8.38. The van der Waals surface area contributed by atoms with Crippen LogP contribution in [0.15, 0.2) is 71.5 Å². The molecule has 0 saturated heterocycles. The number of H-pyrrole nitrogens is 1. The van der Waals surface area contributed by atoms with Gasteiger partial charge in [-0.1, -0.05) is 42.5 Å². The number of amides is 1. The second kappa shape index (κ2) is 11.2. The van der Waals surface area contributed by atoms with Gasteiger partial charge in [-0.2, -0.15) is 0 Å². The highest BCUT2D eigenvalue weighted by molar-refractivity contribution is 7.71. The molecule has 1 amide bonds. The standard InChI is InChI=1S/C28H29N3O4S/c1-4-34-24-15-22-23(16-25(24)35-5-2)29-28(36)31(27(22)33)18-20-11-13-21(14-12-20)26(32)30(3)17-19-9-7-6-8-10-19/h6-16H,4-5,17-18H2,1-3H3,(H,29,36). The van der Waals surface area contributed by atoms with E-state index in [1.807, 2.05) is 56.3 Å². The third kappa shape index (κ3) is 5.49. The molecule has 0 saturated carbocycles. The number of aromatic nitrogens is 2. The fraction of sp³-hybridized carbons (Fsp3) is 0.250. The van der Waals surface area contributed by atoms with Crippen LogP contribution in [0.2, 0.25) is 0 Å². The molecule has 0 atom stereocenters. The van der Waals surface area contributed by atoms with Crippen molar-refractivity contribution in [3.05, 3.63) is 98.5 Å². The van der Waals surface area contributed by atoms with Crippen molar-refractivity contribution in [3.8, 4) is 11.5 Å². The third-order valence-corrected chi connectivity index (χ3v) is 6.12. The Labute approximate surface area is 214 Å². The van der Waals surface area contributed by atoms with E-state index in [1.54, 1.807) is 36.2 Å². The van der Waals surface area contributed by atoms with Crippen molar-refractivity contribution in [1.29, 1.82) is 0 Å². The maximum absolute atomic E-state index is 13.3. The lowest BCUT2D eigenvalue weighted by molar-refractivity contribution is 0.0785. The summed E-state index contributed by atoms with van der Waals surface area (Å²) in [5.74, 6) is 1.01. The summed E-state index contributed by atoms with van der Waals surface area (Å²) in [5.41, 5.74) is 2.87. The van der Waals surface area contributed by atoms with Gasteiger partial charge in [-0.3, -0.25) is 14.2 Å². The molecule has 1 heterocycles. The Balaban J connectivity index is 1.57. The molecule has 3 aromatic carbocycles. The fourth-order valence-electron chi connectivity index (χ4n) is 4.03. The molecule has 7 nitrogen and oxygen atoms in total. The van der Waals surface area contributed by atoms with Gasteiger partial charge < -0.3 is 19.4 Å². The zero-order valence-corrected chi connectivity index (χ0v) is 21.4. The summed E-state index contributed by atoms with van der Waals surface area (Å²) in [5, 5.41) is 0.463. The van der Waals surface area contributed by atoms with Crippen LogP contribution in [0.5, 0.6) is 11.5 Å². The minimum Gasteiger partial charge on any atom is -0.490 e. The lowest BCUT2D eigenvalue weighted by Gasteiger charge is -2.17. The topological polar surface area (TPSA) is 76.6 Å². The summed E-state index contributed by atoms with van der Waals surface area (Å²) in [6.07, 6.45) is 0. The molecule has 1 aromatic heterocycles. The number of carbonyl (C=O) groups is 1. The monoisotopic (exact) mass is 503 g/mol. The van der Waals surface area contributed by atoms with Crippen molar-refractivity contribution in [2.75, 3.05) is 20.3 Å². The van der Waals surface area contributed by atoms with Gasteiger partial charge in [0.25, 0.3) is 11.5 Å². The molecule has 1 N–H and O–H groups in total. The van der Waals surface area contributed by atoms with Gasteiger partial charge in [0, 0.05) is 25.2 Å². The van der Waals surface area contributed by atoms with Crippen molar-refractivity contribution >= 4 is 29.0 Å². The zero-order valence-electron chi connectivity index (χ0n) is 20.6. The predicted molar refractivity (Wildman–Crippen MR) is 144 cm³/mol. The van der Waals surface area contributed by atoms with Gasteiger partial charge >= 0.3 is 0 Å². The molecule has 4 rings (SSSR count). The maximum atomic E-state index is 13.3. The number of fused-ring (bicyclic) bond motifs is 1. The number of nitrogens with zero attached hydrogens (tertiary/aromatic N) is 2. The van der Waals surface area contributed by atoms with Crippen molar-refractivity contribution in [1.82, 2.24) is 14.5 Å². The Morgan fingerprint density at radius 3 is 2.22 bits per heavy atom. The Morgan fingerprint density at radius 1 is 0.944 bits per heavy atom. The van der Waals surface area contributed by atoms with E-state index in [4.69, 9.17) is 21.7 Å². The Kier molecular flexibility index (Phi) is 7.85. The summed E-state index contributed by atoms with van der Waals surface area (Å²) in [7, 11) is 1.78. The van der Waals surface area contributed by atoms with Crippen LogP contribution in [0.1, 0.15) is 35.3 Å². The highest BCUT2D eigenvalue weighted by Crippen LogP contribution is 2.31. The number of carbonyl (C=O) groups excluding carboxylic acids is 1. The molecule has 4 aromatic rings. The summed E-state index contributed by atoms with van der Waals surface area (Å²) in [4.78, 5) is 31.0. The number of hydrogen-bond acceptors (Lipinski definition) is 5. The first-order chi connectivity index (χ1) is 17.4. The van der Waals surface area contributed by atoms with Gasteiger partial charge in [-0.05, 0) is 55.4 Å². The molecule has 8 heteroatoms. The molecule has 0 aliphatic heterocycles. The van der Waals surface area contributed by atoms with Gasteiger partial charge in [-0.25, -0.2) is 0 Å². The molecule has 0 radical (unpaired) electrons. The lowest BCUT2D eigenvalue weighted by Crippen LogP contribution is -2.26. The first-order valence-corrected chi connectivity index (χ1v) is 12.3. The Bertz CT molecular complexity index is 1480. The molecule has 0 aliphatic rings. The van der Waals surface area contributed by atoms with E-state index < -0.39 is 0 Å². The van der Waals surface area contributed by atoms with Crippen molar-refractivity contribution in [2.24, 2.45) is 0 Å². The van der Waals surface area contributed by atoms with Gasteiger partial charge in [0.2, 0.25) is 0 Å². The number of aromatic amines is 1.